The van der Waals surface area contributed by atoms with Gasteiger partial charge in [0, 0.05) is 12.6 Å². The van der Waals surface area contributed by atoms with Crippen LogP contribution in [0.3, 0.4) is 0 Å². The molecule has 0 heterocycles. The number of likely N-dealkylation sites (N-methyl/N-ethyl adjacent to an activating group) is 1. The lowest BCUT2D eigenvalue weighted by atomic mass is 10.1. The standard InChI is InChI=1S/C12H15ClN2O3/c1-3-10(12(17)18)15(2)11(16)7-4-5-8(13)9(14)6-7/h4-6,10H,3,14H2,1-2H3,(H,17,18). The Hall–Kier alpha value is -1.75. The molecule has 98 valence electrons. The molecule has 0 aliphatic rings. The summed E-state index contributed by atoms with van der Waals surface area (Å²) in [6.07, 6.45) is 0.334. The third kappa shape index (κ3) is 2.92. The number of rotatable bonds is 4. The summed E-state index contributed by atoms with van der Waals surface area (Å²) in [6, 6.07) is 3.62. The minimum Gasteiger partial charge on any atom is -0.480 e. The van der Waals surface area contributed by atoms with Gasteiger partial charge in [0.25, 0.3) is 5.91 Å². The average molecular weight is 271 g/mol. The lowest BCUT2D eigenvalue weighted by Gasteiger charge is -2.23. The quantitative estimate of drug-likeness (QED) is 0.818. The molecule has 0 radical (unpaired) electrons. The van der Waals surface area contributed by atoms with Gasteiger partial charge >= 0.3 is 5.97 Å². The number of anilines is 1. The number of amides is 1. The Balaban J connectivity index is 2.99. The molecule has 0 saturated carbocycles. The average Bonchev–Trinajstić information content (AvgIpc) is 2.32. The Morgan fingerprint density at radius 3 is 2.56 bits per heavy atom. The van der Waals surface area contributed by atoms with E-state index in [-0.39, 0.29) is 0 Å². The first-order valence-electron chi connectivity index (χ1n) is 5.43. The summed E-state index contributed by atoms with van der Waals surface area (Å²) >= 11 is 5.76. The fourth-order valence-corrected chi connectivity index (χ4v) is 1.75. The number of aliphatic carboxylic acids is 1. The predicted molar refractivity (Wildman–Crippen MR) is 69.7 cm³/mol. The Morgan fingerprint density at radius 1 is 1.50 bits per heavy atom. The summed E-state index contributed by atoms with van der Waals surface area (Å²) in [7, 11) is 1.45. The maximum atomic E-state index is 12.1. The Labute approximate surface area is 110 Å². The van der Waals surface area contributed by atoms with Gasteiger partial charge < -0.3 is 15.7 Å². The molecule has 1 amide bonds. The molecular formula is C12H15ClN2O3. The zero-order valence-electron chi connectivity index (χ0n) is 10.2. The van der Waals surface area contributed by atoms with Gasteiger partial charge in [-0.3, -0.25) is 4.79 Å². The first-order chi connectivity index (χ1) is 8.38. The van der Waals surface area contributed by atoms with Gasteiger partial charge in [0.05, 0.1) is 10.7 Å². The monoisotopic (exact) mass is 270 g/mol. The highest BCUT2D eigenvalue weighted by Crippen LogP contribution is 2.20. The van der Waals surface area contributed by atoms with E-state index in [0.717, 1.165) is 0 Å². The van der Waals surface area contributed by atoms with Crippen molar-refractivity contribution < 1.29 is 14.7 Å². The molecule has 0 aliphatic carbocycles. The summed E-state index contributed by atoms with van der Waals surface area (Å²) in [5.41, 5.74) is 6.22. The minimum atomic E-state index is -1.03. The lowest BCUT2D eigenvalue weighted by Crippen LogP contribution is -2.41. The van der Waals surface area contributed by atoms with Crippen LogP contribution < -0.4 is 5.73 Å². The van der Waals surface area contributed by atoms with Crippen molar-refractivity contribution in [2.75, 3.05) is 12.8 Å². The van der Waals surface area contributed by atoms with Crippen LogP contribution in [0.4, 0.5) is 5.69 Å². The number of carbonyl (C=O) groups excluding carboxylic acids is 1. The van der Waals surface area contributed by atoms with Crippen molar-refractivity contribution in [3.05, 3.63) is 28.8 Å². The Bertz CT molecular complexity index is 476. The van der Waals surface area contributed by atoms with E-state index in [2.05, 4.69) is 0 Å². The van der Waals surface area contributed by atoms with E-state index in [1.165, 1.54) is 30.1 Å². The number of carboxylic acid groups (broad SMARTS) is 1. The molecule has 18 heavy (non-hydrogen) atoms. The molecule has 1 aromatic carbocycles. The van der Waals surface area contributed by atoms with Crippen LogP contribution in [0.15, 0.2) is 18.2 Å². The fourth-order valence-electron chi connectivity index (χ4n) is 1.64. The van der Waals surface area contributed by atoms with Crippen molar-refractivity contribution in [2.24, 2.45) is 0 Å². The van der Waals surface area contributed by atoms with Crippen molar-refractivity contribution in [3.63, 3.8) is 0 Å². The van der Waals surface area contributed by atoms with E-state index in [0.29, 0.717) is 22.7 Å². The summed E-state index contributed by atoms with van der Waals surface area (Å²) < 4.78 is 0. The maximum Gasteiger partial charge on any atom is 0.326 e. The van der Waals surface area contributed by atoms with Gasteiger partial charge in [-0.05, 0) is 24.6 Å². The molecule has 0 aromatic heterocycles. The first kappa shape index (κ1) is 14.3. The second-order valence-corrected chi connectivity index (χ2v) is 4.32. The SMILES string of the molecule is CCC(C(=O)O)N(C)C(=O)c1ccc(Cl)c(N)c1. The Morgan fingerprint density at radius 2 is 2.11 bits per heavy atom. The third-order valence-electron chi connectivity index (χ3n) is 2.70. The van der Waals surface area contributed by atoms with Gasteiger partial charge in [0.1, 0.15) is 6.04 Å². The van der Waals surface area contributed by atoms with Gasteiger partial charge in [-0.25, -0.2) is 4.79 Å². The number of hydrogen-bond donors (Lipinski definition) is 2. The van der Waals surface area contributed by atoms with E-state index >= 15 is 0 Å². The van der Waals surface area contributed by atoms with E-state index in [1.807, 2.05) is 0 Å². The van der Waals surface area contributed by atoms with Gasteiger partial charge in [0.15, 0.2) is 0 Å². The molecule has 1 unspecified atom stereocenters. The zero-order chi connectivity index (χ0) is 13.9. The number of nitrogens with two attached hydrogens (primary N) is 1. The smallest absolute Gasteiger partial charge is 0.326 e. The molecule has 3 N–H and O–H groups in total. The van der Waals surface area contributed by atoms with Crippen molar-refractivity contribution >= 4 is 29.2 Å². The van der Waals surface area contributed by atoms with E-state index in [4.69, 9.17) is 22.4 Å². The topological polar surface area (TPSA) is 83.6 Å². The summed E-state index contributed by atoms with van der Waals surface area (Å²) in [5.74, 6) is -1.43. The summed E-state index contributed by atoms with van der Waals surface area (Å²) in [6.45, 7) is 1.71. The molecule has 0 bridgehead atoms. The molecule has 0 fully saturated rings. The molecule has 1 aromatic rings. The third-order valence-corrected chi connectivity index (χ3v) is 3.05. The van der Waals surface area contributed by atoms with Gasteiger partial charge in [0.2, 0.25) is 0 Å². The number of hydrogen-bond acceptors (Lipinski definition) is 3. The van der Waals surface area contributed by atoms with Crippen LogP contribution in [-0.2, 0) is 4.79 Å². The summed E-state index contributed by atoms with van der Waals surface area (Å²) in [4.78, 5) is 24.3. The van der Waals surface area contributed by atoms with Crippen LogP contribution in [0.25, 0.3) is 0 Å². The number of nitrogen functional groups attached to an aromatic ring is 1. The van der Waals surface area contributed by atoms with Crippen molar-refractivity contribution in [1.29, 1.82) is 0 Å². The van der Waals surface area contributed by atoms with Gasteiger partial charge in [-0.2, -0.15) is 0 Å². The minimum absolute atomic E-state index is 0.291. The van der Waals surface area contributed by atoms with Crippen LogP contribution in [-0.4, -0.2) is 35.0 Å². The van der Waals surface area contributed by atoms with Gasteiger partial charge in [-0.15, -0.1) is 0 Å². The van der Waals surface area contributed by atoms with Crippen LogP contribution in [0.1, 0.15) is 23.7 Å². The van der Waals surface area contributed by atoms with Crippen molar-refractivity contribution in [3.8, 4) is 0 Å². The lowest BCUT2D eigenvalue weighted by molar-refractivity contribution is -0.142. The van der Waals surface area contributed by atoms with Crippen LogP contribution >= 0.6 is 11.6 Å². The molecule has 0 spiro atoms. The van der Waals surface area contributed by atoms with E-state index < -0.39 is 17.9 Å². The van der Waals surface area contributed by atoms with Crippen molar-refractivity contribution in [2.45, 2.75) is 19.4 Å². The highest BCUT2D eigenvalue weighted by atomic mass is 35.5. The molecule has 1 atom stereocenters. The number of nitrogens with zero attached hydrogens (tertiary/aromatic N) is 1. The molecule has 0 aliphatic heterocycles. The number of benzene rings is 1. The number of carboxylic acids is 1. The summed E-state index contributed by atoms with van der Waals surface area (Å²) in [5, 5.41) is 9.36. The Kier molecular flexibility index (Phi) is 4.55. The van der Waals surface area contributed by atoms with Crippen molar-refractivity contribution in [1.82, 2.24) is 4.90 Å². The normalized spacial score (nSPS) is 11.9. The van der Waals surface area contributed by atoms with E-state index in [1.54, 1.807) is 6.92 Å². The second-order valence-electron chi connectivity index (χ2n) is 3.91. The predicted octanol–water partition coefficient (Wildman–Crippen LogP) is 1.86. The van der Waals surface area contributed by atoms with Crippen LogP contribution in [0, 0.1) is 0 Å². The highest BCUT2D eigenvalue weighted by molar-refractivity contribution is 6.33. The zero-order valence-corrected chi connectivity index (χ0v) is 10.9. The fraction of sp³-hybridized carbons (Fsp3) is 0.333. The second kappa shape index (κ2) is 5.73. The van der Waals surface area contributed by atoms with Gasteiger partial charge in [-0.1, -0.05) is 18.5 Å². The van der Waals surface area contributed by atoms with Crippen LogP contribution in [0.5, 0.6) is 0 Å². The maximum absolute atomic E-state index is 12.1. The van der Waals surface area contributed by atoms with Crippen LogP contribution in [0.2, 0.25) is 5.02 Å². The molecule has 5 nitrogen and oxygen atoms in total. The number of halogens is 1. The highest BCUT2D eigenvalue weighted by Gasteiger charge is 2.25. The largest absolute Gasteiger partial charge is 0.480 e. The van der Waals surface area contributed by atoms with E-state index in [9.17, 15) is 9.59 Å². The molecule has 0 saturated heterocycles. The number of carbonyl (C=O) groups is 2. The molecular weight excluding hydrogens is 256 g/mol. The molecule has 1 rings (SSSR count). The molecule has 6 heteroatoms. The first-order valence-corrected chi connectivity index (χ1v) is 5.81.